The molecule has 0 bridgehead atoms. The zero-order chi connectivity index (χ0) is 15.6. The van der Waals surface area contributed by atoms with Gasteiger partial charge in [-0.05, 0) is 18.7 Å². The Morgan fingerprint density at radius 1 is 1.09 bits per heavy atom. The van der Waals surface area contributed by atoms with E-state index < -0.39 is 10.0 Å². The fourth-order valence-electron chi connectivity index (χ4n) is 4.03. The van der Waals surface area contributed by atoms with E-state index in [1.165, 1.54) is 32.1 Å². The Kier molecular flexibility index (Phi) is 4.91. The second-order valence-electron chi connectivity index (χ2n) is 7.14. The standard InChI is InChI=1S/C15H25B2N2O2S/c16-15(8-4-2-1-3-5-9-15)17-13-7-6-10-19-11-12-22(20,21)18-14(13)19/h13H,1-12H2. The van der Waals surface area contributed by atoms with E-state index in [1.54, 1.807) is 0 Å². The van der Waals surface area contributed by atoms with Crippen LogP contribution >= 0.6 is 0 Å². The van der Waals surface area contributed by atoms with E-state index in [0.717, 1.165) is 38.1 Å². The Hall–Kier alpha value is -0.450. The molecule has 1 atom stereocenters. The lowest BCUT2D eigenvalue weighted by Gasteiger charge is -2.42. The lowest BCUT2D eigenvalue weighted by atomic mass is 9.34. The van der Waals surface area contributed by atoms with Crippen molar-refractivity contribution in [1.29, 1.82) is 0 Å². The van der Waals surface area contributed by atoms with Crippen LogP contribution in [0.5, 0.6) is 0 Å². The Bertz CT molecular complexity index is 528. The zero-order valence-corrected chi connectivity index (χ0v) is 14.2. The van der Waals surface area contributed by atoms with Gasteiger partial charge < -0.3 is 4.90 Å². The topological polar surface area (TPSA) is 49.7 Å². The van der Waals surface area contributed by atoms with Crippen molar-refractivity contribution in [2.24, 2.45) is 4.40 Å². The highest BCUT2D eigenvalue weighted by molar-refractivity contribution is 7.90. The normalized spacial score (nSPS) is 31.4. The van der Waals surface area contributed by atoms with Crippen LogP contribution in [0, 0.1) is 0 Å². The van der Waals surface area contributed by atoms with Crippen molar-refractivity contribution < 1.29 is 8.42 Å². The third-order valence-electron chi connectivity index (χ3n) is 5.27. The molecule has 2 aliphatic heterocycles. The molecule has 1 saturated heterocycles. The second-order valence-corrected chi connectivity index (χ2v) is 8.89. The lowest BCUT2D eigenvalue weighted by molar-refractivity contribution is 0.378. The van der Waals surface area contributed by atoms with E-state index in [2.05, 4.69) is 16.6 Å². The van der Waals surface area contributed by atoms with Gasteiger partial charge in [0, 0.05) is 13.1 Å². The minimum absolute atomic E-state index is 0.105. The largest absolute Gasteiger partial charge is 0.359 e. The molecule has 0 N–H and O–H groups in total. The number of hydrogen-bond donors (Lipinski definition) is 0. The number of fused-ring (bicyclic) bond motifs is 1. The van der Waals surface area contributed by atoms with Gasteiger partial charge >= 0.3 is 0 Å². The summed E-state index contributed by atoms with van der Waals surface area (Å²) in [4.78, 5) is 2.15. The molecule has 0 aromatic rings. The van der Waals surface area contributed by atoms with Gasteiger partial charge in [0.2, 0.25) is 0 Å². The van der Waals surface area contributed by atoms with Crippen molar-refractivity contribution in [2.75, 3.05) is 18.8 Å². The van der Waals surface area contributed by atoms with Crippen molar-refractivity contribution in [3.8, 4) is 0 Å². The summed E-state index contributed by atoms with van der Waals surface area (Å²) in [6, 6.07) is 0. The van der Waals surface area contributed by atoms with Crippen LogP contribution in [0.25, 0.3) is 0 Å². The van der Waals surface area contributed by atoms with E-state index in [4.69, 9.17) is 7.85 Å². The first kappa shape index (κ1) is 16.4. The fraction of sp³-hybridized carbons (Fsp3) is 0.933. The molecule has 2 heterocycles. The Morgan fingerprint density at radius 3 is 2.50 bits per heavy atom. The smallest absolute Gasteiger partial charge is 0.256 e. The molecule has 0 amide bonds. The molecule has 0 aromatic carbocycles. The summed E-state index contributed by atoms with van der Waals surface area (Å²) in [5, 5.41) is -0.252. The van der Waals surface area contributed by atoms with Gasteiger partial charge in [-0.15, -0.1) is 0 Å². The average Bonchev–Trinajstić information content (AvgIpc) is 2.44. The molecule has 3 radical (unpaired) electrons. The van der Waals surface area contributed by atoms with Crippen LogP contribution in [-0.2, 0) is 10.0 Å². The average molecular weight is 319 g/mol. The van der Waals surface area contributed by atoms with Gasteiger partial charge in [0.05, 0.1) is 13.6 Å². The molecule has 22 heavy (non-hydrogen) atoms. The summed E-state index contributed by atoms with van der Waals surface area (Å²) in [6.07, 6.45) is 10.3. The van der Waals surface area contributed by atoms with E-state index in [9.17, 15) is 8.42 Å². The summed E-state index contributed by atoms with van der Waals surface area (Å²) < 4.78 is 27.8. The highest BCUT2D eigenvalue weighted by atomic mass is 32.2. The summed E-state index contributed by atoms with van der Waals surface area (Å²) in [6.45, 7) is 1.51. The van der Waals surface area contributed by atoms with Crippen molar-refractivity contribution in [3.05, 3.63) is 0 Å². The number of rotatable bonds is 2. The van der Waals surface area contributed by atoms with Gasteiger partial charge in [-0.3, -0.25) is 0 Å². The van der Waals surface area contributed by atoms with Gasteiger partial charge in [0.25, 0.3) is 10.0 Å². The molecular formula is C15H25B2N2O2S. The van der Waals surface area contributed by atoms with Crippen LogP contribution in [-0.4, -0.2) is 53.1 Å². The quantitative estimate of drug-likeness (QED) is 0.734. The van der Waals surface area contributed by atoms with E-state index in [-0.39, 0.29) is 16.8 Å². The van der Waals surface area contributed by atoms with Gasteiger partial charge in [0.1, 0.15) is 13.1 Å². The third kappa shape index (κ3) is 3.90. The fourth-order valence-corrected chi connectivity index (χ4v) is 5.11. The lowest BCUT2D eigenvalue weighted by Crippen LogP contribution is -2.47. The Labute approximate surface area is 136 Å². The number of amidine groups is 1. The van der Waals surface area contributed by atoms with Crippen LogP contribution in [0.2, 0.25) is 11.0 Å². The first-order valence-corrected chi connectivity index (χ1v) is 10.3. The number of hydrogen-bond acceptors (Lipinski definition) is 3. The van der Waals surface area contributed by atoms with Gasteiger partial charge in [-0.1, -0.05) is 50.2 Å². The molecule has 4 nitrogen and oxygen atoms in total. The Morgan fingerprint density at radius 2 is 1.77 bits per heavy atom. The summed E-state index contributed by atoms with van der Waals surface area (Å²) in [5.41, 5.74) is 0. The monoisotopic (exact) mass is 319 g/mol. The minimum Gasteiger partial charge on any atom is -0.359 e. The Balaban J connectivity index is 1.76. The SMILES string of the molecule is [B]C1([B]C2CCCN3CCS(=O)(=O)N=C23)CCCCCCC1. The number of sulfonamides is 1. The third-order valence-corrected chi connectivity index (χ3v) is 6.43. The highest BCUT2D eigenvalue weighted by Gasteiger charge is 2.37. The molecule has 2 fully saturated rings. The molecule has 3 aliphatic rings. The summed E-state index contributed by atoms with van der Waals surface area (Å²) in [7, 11) is 5.64. The summed E-state index contributed by atoms with van der Waals surface area (Å²) >= 11 is 0. The predicted molar refractivity (Wildman–Crippen MR) is 92.3 cm³/mol. The molecule has 1 unspecified atom stereocenters. The van der Waals surface area contributed by atoms with Crippen molar-refractivity contribution in [3.63, 3.8) is 0 Å². The molecule has 7 heteroatoms. The van der Waals surface area contributed by atoms with Crippen molar-refractivity contribution >= 4 is 31.0 Å². The van der Waals surface area contributed by atoms with Crippen LogP contribution in [0.3, 0.4) is 0 Å². The van der Waals surface area contributed by atoms with Crippen LogP contribution in [0.15, 0.2) is 4.40 Å². The van der Waals surface area contributed by atoms with E-state index in [0.29, 0.717) is 6.54 Å². The van der Waals surface area contributed by atoms with Gasteiger partial charge in [0.15, 0.2) is 0 Å². The molecule has 0 spiro atoms. The van der Waals surface area contributed by atoms with E-state index in [1.807, 2.05) is 0 Å². The highest BCUT2D eigenvalue weighted by Crippen LogP contribution is 2.41. The predicted octanol–water partition coefficient (Wildman–Crippen LogP) is 2.35. The number of nitrogens with zero attached hydrogens (tertiary/aromatic N) is 2. The maximum absolute atomic E-state index is 11.9. The molecule has 1 aliphatic carbocycles. The molecular weight excluding hydrogens is 294 g/mol. The number of piperidine rings is 1. The first-order chi connectivity index (χ1) is 10.5. The van der Waals surface area contributed by atoms with Crippen LogP contribution in [0.1, 0.15) is 57.8 Å². The molecule has 0 aromatic heterocycles. The molecule has 1 saturated carbocycles. The second kappa shape index (κ2) is 6.58. The van der Waals surface area contributed by atoms with Crippen LogP contribution in [0.4, 0.5) is 0 Å². The maximum atomic E-state index is 11.9. The van der Waals surface area contributed by atoms with Gasteiger partial charge in [-0.25, -0.2) is 8.42 Å². The van der Waals surface area contributed by atoms with Gasteiger partial charge in [-0.2, -0.15) is 4.40 Å². The maximum Gasteiger partial charge on any atom is 0.256 e. The minimum atomic E-state index is -3.27. The first-order valence-electron chi connectivity index (χ1n) is 8.70. The molecule has 119 valence electrons. The van der Waals surface area contributed by atoms with E-state index >= 15 is 0 Å². The molecule has 3 rings (SSSR count). The zero-order valence-electron chi connectivity index (χ0n) is 13.3. The summed E-state index contributed by atoms with van der Waals surface area (Å²) in [5.74, 6) is 1.01. The van der Waals surface area contributed by atoms with Crippen molar-refractivity contribution in [1.82, 2.24) is 4.90 Å². The van der Waals surface area contributed by atoms with Crippen LogP contribution < -0.4 is 0 Å². The van der Waals surface area contributed by atoms with Crippen molar-refractivity contribution in [2.45, 2.75) is 68.8 Å².